The molecule has 4 aliphatic rings. The normalized spacial score (nSPS) is 17.0. The molecule has 0 N–H and O–H groups in total. The van der Waals surface area contributed by atoms with Crippen LogP contribution in [0.5, 0.6) is 28.7 Å². The minimum absolute atomic E-state index is 0.0658. The van der Waals surface area contributed by atoms with E-state index in [4.69, 9.17) is 38.7 Å². The highest BCUT2D eigenvalue weighted by atomic mass is 33.1. The number of benzene rings is 4. The van der Waals surface area contributed by atoms with E-state index in [9.17, 15) is 9.59 Å². The Morgan fingerprint density at radius 2 is 1.18 bits per heavy atom. The molecular weight excluding hydrogens is 823 g/mol. The van der Waals surface area contributed by atoms with Gasteiger partial charge in [0.25, 0.3) is 11.8 Å². The van der Waals surface area contributed by atoms with Crippen molar-refractivity contribution in [2.24, 2.45) is 9.98 Å². The van der Waals surface area contributed by atoms with Crippen molar-refractivity contribution in [1.29, 1.82) is 0 Å². The Balaban J connectivity index is 0.958. The van der Waals surface area contributed by atoms with Gasteiger partial charge in [0.05, 0.1) is 66.8 Å². The summed E-state index contributed by atoms with van der Waals surface area (Å²) in [4.78, 5) is 46.0. The zero-order valence-corrected chi connectivity index (χ0v) is 36.9. The SMILES string of the molecule is COc1cc2c(cc1OCc1cc(OCCCC(C)(C)SSC)cc(COc3cc4c(cc3OC)C(=O)N3c5ccccc5CC3C=N4)n1)N=CC1Cc3ccccc3N1C2=O. The molecule has 4 aromatic carbocycles. The summed E-state index contributed by atoms with van der Waals surface area (Å²) in [6.07, 6.45) is 9.02. The number of aromatic nitrogens is 1. The van der Waals surface area contributed by atoms with Gasteiger partial charge in [0.15, 0.2) is 23.0 Å². The highest BCUT2D eigenvalue weighted by Crippen LogP contribution is 2.43. The van der Waals surface area contributed by atoms with Crippen LogP contribution in [0, 0.1) is 0 Å². The predicted molar refractivity (Wildman–Crippen MR) is 247 cm³/mol. The summed E-state index contributed by atoms with van der Waals surface area (Å²) in [5, 5.41) is 0. The molecule has 0 bridgehead atoms. The fourth-order valence-electron chi connectivity index (χ4n) is 8.49. The summed E-state index contributed by atoms with van der Waals surface area (Å²) in [5.41, 5.74) is 7.09. The van der Waals surface area contributed by atoms with Gasteiger partial charge in [0, 0.05) is 65.7 Å². The third-order valence-corrected chi connectivity index (χ3v) is 14.1. The van der Waals surface area contributed by atoms with Crippen molar-refractivity contribution in [3.8, 4) is 28.7 Å². The highest BCUT2D eigenvalue weighted by Gasteiger charge is 2.38. The van der Waals surface area contributed by atoms with E-state index in [1.54, 1.807) is 49.3 Å². The molecule has 2 unspecified atom stereocenters. The molecule has 2 atom stereocenters. The minimum atomic E-state index is -0.178. The molecule has 318 valence electrons. The lowest BCUT2D eigenvalue weighted by molar-refractivity contribution is 0.0978. The topological polar surface area (TPSA) is 124 Å². The van der Waals surface area contributed by atoms with Crippen molar-refractivity contribution >= 4 is 68.6 Å². The zero-order chi connectivity index (χ0) is 43.0. The van der Waals surface area contributed by atoms with Crippen LogP contribution in [0.4, 0.5) is 22.7 Å². The number of methoxy groups -OCH3 is 2. The summed E-state index contributed by atoms with van der Waals surface area (Å²) < 4.78 is 30.8. The molecule has 2 amide bonds. The fourth-order valence-corrected chi connectivity index (χ4v) is 10.8. The number of carbonyl (C=O) groups is 2. The lowest BCUT2D eigenvalue weighted by Crippen LogP contribution is -2.37. The minimum Gasteiger partial charge on any atom is -0.493 e. The predicted octanol–water partition coefficient (Wildman–Crippen LogP) is 9.78. The number of anilines is 2. The third-order valence-electron chi connectivity index (χ3n) is 11.4. The summed E-state index contributed by atoms with van der Waals surface area (Å²) in [6.45, 7) is 5.13. The van der Waals surface area contributed by atoms with E-state index >= 15 is 0 Å². The molecule has 62 heavy (non-hydrogen) atoms. The van der Waals surface area contributed by atoms with Crippen LogP contribution in [0.1, 0.15) is 69.9 Å². The summed E-state index contributed by atoms with van der Waals surface area (Å²) >= 11 is 0. The number of carbonyl (C=O) groups excluding carboxylic acids is 2. The Kier molecular flexibility index (Phi) is 11.6. The van der Waals surface area contributed by atoms with E-state index in [1.165, 1.54) is 0 Å². The maximum atomic E-state index is 14.0. The molecule has 0 radical (unpaired) electrons. The molecule has 5 heterocycles. The first kappa shape index (κ1) is 41.4. The number of para-hydroxylation sites is 2. The number of nitrogens with zero attached hydrogens (tertiary/aromatic N) is 5. The Labute approximate surface area is 369 Å². The molecule has 0 spiro atoms. The number of fused-ring (bicyclic) bond motifs is 8. The van der Waals surface area contributed by atoms with Gasteiger partial charge in [0.1, 0.15) is 19.0 Å². The first-order valence-corrected chi connectivity index (χ1v) is 23.1. The number of ether oxygens (including phenoxy) is 5. The second kappa shape index (κ2) is 17.4. The van der Waals surface area contributed by atoms with Crippen LogP contribution in [0.25, 0.3) is 0 Å². The van der Waals surface area contributed by atoms with Gasteiger partial charge in [0.2, 0.25) is 0 Å². The molecule has 0 aliphatic carbocycles. The molecule has 5 aromatic rings. The second-order valence-electron chi connectivity index (χ2n) is 16.1. The lowest BCUT2D eigenvalue weighted by atomic mass is 10.1. The number of rotatable bonds is 15. The average Bonchev–Trinajstić information content (AvgIpc) is 3.77. The van der Waals surface area contributed by atoms with Crippen molar-refractivity contribution in [3.63, 3.8) is 0 Å². The first-order chi connectivity index (χ1) is 30.1. The van der Waals surface area contributed by atoms with E-state index in [-0.39, 0.29) is 41.9 Å². The third kappa shape index (κ3) is 8.20. The van der Waals surface area contributed by atoms with E-state index < -0.39 is 0 Å². The number of hydrogen-bond donors (Lipinski definition) is 0. The van der Waals surface area contributed by atoms with Crippen LogP contribution < -0.4 is 33.5 Å². The van der Waals surface area contributed by atoms with E-state index in [0.29, 0.717) is 82.1 Å². The van der Waals surface area contributed by atoms with Crippen molar-refractivity contribution in [1.82, 2.24) is 4.98 Å². The van der Waals surface area contributed by atoms with Gasteiger partial charge >= 0.3 is 0 Å². The summed E-state index contributed by atoms with van der Waals surface area (Å²) in [5.74, 6) is 2.00. The Morgan fingerprint density at radius 1 is 0.677 bits per heavy atom. The van der Waals surface area contributed by atoms with Crippen LogP contribution in [-0.2, 0) is 26.1 Å². The standard InChI is InChI=1S/C48H47N5O7S2/c1-48(2,62-61-5)15-10-16-58-35-19-31(27-59-44-23-38-36(21-42(44)56-3)46(54)52-33(25-49-38)17-29-11-6-8-13-40(29)52)51-32(20-35)28-60-45-24-39-37(22-43(45)57-4)47(55)53-34(26-50-39)18-30-12-7-9-14-41(30)53/h6-9,11-14,19-26,33-34H,10,15-18,27-28H2,1-5H3. The molecule has 1 aromatic heterocycles. The number of pyridine rings is 1. The van der Waals surface area contributed by atoms with Gasteiger partial charge in [-0.3, -0.25) is 34.4 Å². The van der Waals surface area contributed by atoms with Gasteiger partial charge in [-0.2, -0.15) is 0 Å². The van der Waals surface area contributed by atoms with Crippen molar-refractivity contribution in [3.05, 3.63) is 119 Å². The van der Waals surface area contributed by atoms with Crippen LogP contribution in [0.3, 0.4) is 0 Å². The molecule has 12 nitrogen and oxygen atoms in total. The van der Waals surface area contributed by atoms with Crippen molar-refractivity contribution in [2.45, 2.75) is 69.6 Å². The smallest absolute Gasteiger partial charge is 0.261 e. The van der Waals surface area contributed by atoms with Gasteiger partial charge in [-0.15, -0.1) is 0 Å². The van der Waals surface area contributed by atoms with Gasteiger partial charge in [-0.25, -0.2) is 0 Å². The molecule has 9 rings (SSSR count). The molecular formula is C48H47N5O7S2. The second-order valence-corrected chi connectivity index (χ2v) is 19.2. The molecule has 0 saturated heterocycles. The van der Waals surface area contributed by atoms with E-state index in [1.807, 2.05) is 93.7 Å². The Bertz CT molecular complexity index is 2450. The van der Waals surface area contributed by atoms with E-state index in [0.717, 1.165) is 35.3 Å². The van der Waals surface area contributed by atoms with Gasteiger partial charge < -0.3 is 23.7 Å². The quantitative estimate of drug-likeness (QED) is 0.0742. The van der Waals surface area contributed by atoms with Crippen LogP contribution in [-0.4, -0.2) is 73.1 Å². The summed E-state index contributed by atoms with van der Waals surface area (Å²) in [7, 11) is 6.73. The van der Waals surface area contributed by atoms with Crippen LogP contribution in [0.2, 0.25) is 0 Å². The summed E-state index contributed by atoms with van der Waals surface area (Å²) in [6, 6.07) is 26.2. The van der Waals surface area contributed by atoms with Crippen LogP contribution in [0.15, 0.2) is 94.9 Å². The number of amides is 2. The largest absolute Gasteiger partial charge is 0.493 e. The van der Waals surface area contributed by atoms with E-state index in [2.05, 4.69) is 20.1 Å². The Hall–Kier alpha value is -5.99. The average molecular weight is 870 g/mol. The monoisotopic (exact) mass is 869 g/mol. The zero-order valence-electron chi connectivity index (χ0n) is 35.3. The maximum absolute atomic E-state index is 14.0. The maximum Gasteiger partial charge on any atom is 0.261 e. The van der Waals surface area contributed by atoms with Crippen molar-refractivity contribution < 1.29 is 33.3 Å². The number of hydrogen-bond acceptors (Lipinski definition) is 12. The van der Waals surface area contributed by atoms with Crippen LogP contribution >= 0.6 is 21.6 Å². The Morgan fingerprint density at radius 3 is 1.66 bits per heavy atom. The van der Waals surface area contributed by atoms with Crippen molar-refractivity contribution in [2.75, 3.05) is 36.9 Å². The molecule has 4 aliphatic heterocycles. The number of aliphatic imine (C=N–C) groups is 2. The van der Waals surface area contributed by atoms with Gasteiger partial charge in [-0.1, -0.05) is 58.0 Å². The fraction of sp³-hybridized carbons (Fsp3) is 0.312. The highest BCUT2D eigenvalue weighted by molar-refractivity contribution is 8.76. The van der Waals surface area contributed by atoms with Gasteiger partial charge in [-0.05, 0) is 68.3 Å². The first-order valence-electron chi connectivity index (χ1n) is 20.6. The molecule has 0 fully saturated rings. The lowest BCUT2D eigenvalue weighted by Gasteiger charge is -2.22. The molecule has 0 saturated carbocycles. The molecule has 14 heteroatoms.